The number of nitrogens with one attached hydrogen (secondary N) is 1. The van der Waals surface area contributed by atoms with Crippen molar-refractivity contribution in [2.75, 3.05) is 12.3 Å². The van der Waals surface area contributed by atoms with Crippen LogP contribution in [0.25, 0.3) is 0 Å². The summed E-state index contributed by atoms with van der Waals surface area (Å²) in [6, 6.07) is 3.59. The molecule has 1 aromatic rings. The van der Waals surface area contributed by atoms with Crippen LogP contribution in [-0.2, 0) is 4.79 Å². The topological polar surface area (TPSA) is 55.1 Å². The summed E-state index contributed by atoms with van der Waals surface area (Å²) in [6.07, 6.45) is 1.50. The van der Waals surface area contributed by atoms with Crippen molar-refractivity contribution in [1.29, 1.82) is 0 Å². The van der Waals surface area contributed by atoms with E-state index in [9.17, 15) is 13.6 Å². The quantitative estimate of drug-likeness (QED) is 0.751. The molecular weight excluding hydrogens is 318 g/mol. The second-order valence-electron chi connectivity index (χ2n) is 4.60. The normalized spacial score (nSPS) is 10.9. The van der Waals surface area contributed by atoms with Crippen LogP contribution in [0.2, 0.25) is 0 Å². The van der Waals surface area contributed by atoms with E-state index < -0.39 is 11.6 Å². The van der Waals surface area contributed by atoms with Gasteiger partial charge in [-0.3, -0.25) is 4.79 Å². The van der Waals surface area contributed by atoms with Gasteiger partial charge in [-0.2, -0.15) is 0 Å². The minimum atomic E-state index is -0.908. The van der Waals surface area contributed by atoms with E-state index in [0.29, 0.717) is 11.4 Å². The summed E-state index contributed by atoms with van der Waals surface area (Å²) < 4.78 is 25.8. The van der Waals surface area contributed by atoms with Gasteiger partial charge in [0.25, 0.3) is 0 Å². The van der Waals surface area contributed by atoms with E-state index in [2.05, 4.69) is 5.32 Å². The minimum Gasteiger partial charge on any atom is -0.349 e. The summed E-state index contributed by atoms with van der Waals surface area (Å²) in [4.78, 5) is 12.4. The fourth-order valence-electron chi connectivity index (χ4n) is 1.81. The first-order valence-electron chi connectivity index (χ1n) is 6.55. The van der Waals surface area contributed by atoms with E-state index in [4.69, 9.17) is 5.73 Å². The zero-order valence-electron chi connectivity index (χ0n) is 12.1. The zero-order chi connectivity index (χ0) is 15.2. The number of benzene rings is 1. The van der Waals surface area contributed by atoms with Crippen molar-refractivity contribution in [2.45, 2.75) is 37.1 Å². The average molecular weight is 339 g/mol. The highest BCUT2D eigenvalue weighted by molar-refractivity contribution is 8.00. The molecule has 0 saturated carbocycles. The molecule has 0 bridgehead atoms. The SMILES string of the molecule is CCC(CC)(CN)NC(=O)CSc1ccc(F)c(F)c1.Cl. The first kappa shape index (κ1) is 20.1. The number of halogens is 3. The van der Waals surface area contributed by atoms with E-state index in [1.165, 1.54) is 6.07 Å². The molecule has 0 aliphatic carbocycles. The monoisotopic (exact) mass is 338 g/mol. The molecule has 0 aliphatic rings. The summed E-state index contributed by atoms with van der Waals surface area (Å²) in [6.45, 7) is 4.32. The highest BCUT2D eigenvalue weighted by atomic mass is 35.5. The van der Waals surface area contributed by atoms with E-state index in [0.717, 1.165) is 36.7 Å². The number of hydrogen-bond donors (Lipinski definition) is 2. The fourth-order valence-corrected chi connectivity index (χ4v) is 2.53. The number of amides is 1. The standard InChI is InChI=1S/C14H20F2N2OS.ClH/c1-3-14(4-2,9-17)18-13(19)8-20-10-5-6-11(15)12(16)7-10;/h5-7H,3-4,8-9,17H2,1-2H3,(H,18,19);1H. The van der Waals surface area contributed by atoms with Crippen LogP contribution < -0.4 is 11.1 Å². The molecule has 3 nitrogen and oxygen atoms in total. The summed E-state index contributed by atoms with van der Waals surface area (Å²) in [5, 5.41) is 2.92. The number of thioether (sulfide) groups is 1. The second kappa shape index (κ2) is 9.23. The largest absolute Gasteiger partial charge is 0.349 e. The highest BCUT2D eigenvalue weighted by Gasteiger charge is 2.26. The van der Waals surface area contributed by atoms with Gasteiger partial charge in [0, 0.05) is 11.4 Å². The van der Waals surface area contributed by atoms with Gasteiger partial charge in [-0.1, -0.05) is 13.8 Å². The predicted molar refractivity (Wildman–Crippen MR) is 84.8 cm³/mol. The van der Waals surface area contributed by atoms with Gasteiger partial charge in [0.05, 0.1) is 11.3 Å². The molecule has 0 unspecified atom stereocenters. The Morgan fingerprint density at radius 2 is 1.90 bits per heavy atom. The number of rotatable bonds is 7. The molecule has 0 aliphatic heterocycles. The maximum absolute atomic E-state index is 13.0. The Morgan fingerprint density at radius 1 is 1.29 bits per heavy atom. The van der Waals surface area contributed by atoms with E-state index in [1.54, 1.807) is 0 Å². The van der Waals surface area contributed by atoms with Crippen molar-refractivity contribution in [1.82, 2.24) is 5.32 Å². The third kappa shape index (κ3) is 5.80. The first-order valence-corrected chi connectivity index (χ1v) is 7.54. The lowest BCUT2D eigenvalue weighted by Gasteiger charge is -2.31. The Labute approximate surface area is 134 Å². The van der Waals surface area contributed by atoms with Crippen molar-refractivity contribution in [3.63, 3.8) is 0 Å². The lowest BCUT2D eigenvalue weighted by atomic mass is 9.93. The summed E-state index contributed by atoms with van der Waals surface area (Å²) >= 11 is 1.16. The predicted octanol–water partition coefficient (Wildman–Crippen LogP) is 3.11. The van der Waals surface area contributed by atoms with Crippen molar-refractivity contribution in [3.8, 4) is 0 Å². The average Bonchev–Trinajstić information content (AvgIpc) is 2.46. The Bertz CT molecular complexity index is 462. The molecule has 21 heavy (non-hydrogen) atoms. The lowest BCUT2D eigenvalue weighted by molar-refractivity contribution is -0.120. The molecule has 1 aromatic carbocycles. The molecule has 0 atom stereocenters. The molecule has 0 fully saturated rings. The summed E-state index contributed by atoms with van der Waals surface area (Å²) in [5.74, 6) is -1.81. The lowest BCUT2D eigenvalue weighted by Crippen LogP contribution is -2.53. The van der Waals surface area contributed by atoms with Gasteiger partial charge in [0.2, 0.25) is 5.91 Å². The van der Waals surface area contributed by atoms with Gasteiger partial charge in [-0.15, -0.1) is 24.2 Å². The van der Waals surface area contributed by atoms with E-state index in [-0.39, 0.29) is 29.6 Å². The maximum Gasteiger partial charge on any atom is 0.230 e. The van der Waals surface area contributed by atoms with Crippen LogP contribution in [0.15, 0.2) is 23.1 Å². The molecule has 120 valence electrons. The maximum atomic E-state index is 13.0. The van der Waals surface area contributed by atoms with Crippen LogP contribution in [0.5, 0.6) is 0 Å². The number of nitrogens with two attached hydrogens (primary N) is 1. The first-order chi connectivity index (χ1) is 9.46. The summed E-state index contributed by atoms with van der Waals surface area (Å²) in [7, 11) is 0. The van der Waals surface area contributed by atoms with E-state index >= 15 is 0 Å². The third-order valence-electron chi connectivity index (χ3n) is 3.41. The molecule has 1 rings (SSSR count). The molecule has 0 saturated heterocycles. The molecule has 0 heterocycles. The molecule has 0 spiro atoms. The fraction of sp³-hybridized carbons (Fsp3) is 0.500. The van der Waals surface area contributed by atoms with Gasteiger partial charge in [-0.05, 0) is 31.0 Å². The van der Waals surface area contributed by atoms with Crippen LogP contribution in [-0.4, -0.2) is 23.7 Å². The van der Waals surface area contributed by atoms with Crippen molar-refractivity contribution >= 4 is 30.1 Å². The van der Waals surface area contributed by atoms with Crippen LogP contribution >= 0.6 is 24.2 Å². The van der Waals surface area contributed by atoms with Crippen molar-refractivity contribution in [3.05, 3.63) is 29.8 Å². The Balaban J connectivity index is 0.00000400. The molecule has 1 amide bonds. The third-order valence-corrected chi connectivity index (χ3v) is 4.40. The molecular formula is C14H21ClF2N2OS. The minimum absolute atomic E-state index is 0. The van der Waals surface area contributed by atoms with Crippen LogP contribution in [0.4, 0.5) is 8.78 Å². The number of carbonyl (C=O) groups is 1. The van der Waals surface area contributed by atoms with Gasteiger partial charge in [-0.25, -0.2) is 8.78 Å². The summed E-state index contributed by atoms with van der Waals surface area (Å²) in [5.41, 5.74) is 5.32. The number of hydrogen-bond acceptors (Lipinski definition) is 3. The molecule has 0 aromatic heterocycles. The highest BCUT2D eigenvalue weighted by Crippen LogP contribution is 2.21. The van der Waals surface area contributed by atoms with Crippen molar-refractivity contribution < 1.29 is 13.6 Å². The Morgan fingerprint density at radius 3 is 2.38 bits per heavy atom. The van der Waals surface area contributed by atoms with Crippen LogP contribution in [0, 0.1) is 11.6 Å². The van der Waals surface area contributed by atoms with Gasteiger partial charge in [0.15, 0.2) is 11.6 Å². The van der Waals surface area contributed by atoms with E-state index in [1.807, 2.05) is 13.8 Å². The zero-order valence-corrected chi connectivity index (χ0v) is 13.8. The van der Waals surface area contributed by atoms with Gasteiger partial charge < -0.3 is 11.1 Å². The number of carbonyl (C=O) groups excluding carboxylic acids is 1. The van der Waals surface area contributed by atoms with Crippen LogP contribution in [0.1, 0.15) is 26.7 Å². The molecule has 7 heteroatoms. The van der Waals surface area contributed by atoms with Gasteiger partial charge in [0.1, 0.15) is 0 Å². The smallest absolute Gasteiger partial charge is 0.230 e. The van der Waals surface area contributed by atoms with Gasteiger partial charge >= 0.3 is 0 Å². The second-order valence-corrected chi connectivity index (χ2v) is 5.65. The Hall–Kier alpha value is -0.850. The Kier molecular flexibility index (Phi) is 8.85. The van der Waals surface area contributed by atoms with Crippen molar-refractivity contribution in [2.24, 2.45) is 5.73 Å². The molecule has 0 radical (unpaired) electrons. The molecule has 3 N–H and O–H groups in total. The van der Waals surface area contributed by atoms with Crippen LogP contribution in [0.3, 0.4) is 0 Å².